The molecule has 1 heterocycles. The Kier molecular flexibility index (Phi) is 3.47. The molecule has 1 aromatic heterocycles. The van der Waals surface area contributed by atoms with Crippen LogP contribution in [0.5, 0.6) is 11.8 Å². The Balaban J connectivity index is 2.18. The van der Waals surface area contributed by atoms with Crippen molar-refractivity contribution in [3.05, 3.63) is 51.0 Å². The van der Waals surface area contributed by atoms with E-state index in [1.165, 1.54) is 18.2 Å². The van der Waals surface area contributed by atoms with Crippen LogP contribution in [0.15, 0.2) is 35.1 Å². The average molecular weight is 314 g/mol. The molecule has 6 nitrogen and oxygen atoms in total. The largest absolute Gasteiger partial charge is 0.424 e. The van der Waals surface area contributed by atoms with Crippen molar-refractivity contribution in [2.45, 2.75) is 0 Å². The van der Waals surface area contributed by atoms with Gasteiger partial charge in [0, 0.05) is 0 Å². The summed E-state index contributed by atoms with van der Waals surface area (Å²) >= 11 is 3.00. The van der Waals surface area contributed by atoms with Crippen molar-refractivity contribution in [2.24, 2.45) is 0 Å². The van der Waals surface area contributed by atoms with E-state index in [2.05, 4.69) is 25.9 Å². The summed E-state index contributed by atoms with van der Waals surface area (Å²) in [5.74, 6) is -0.107. The molecule has 92 valence electrons. The molecule has 0 unspecified atom stereocenters. The molecule has 0 fully saturated rings. The number of nitro groups is 1. The minimum absolute atomic E-state index is 0.0564. The molecule has 0 atom stereocenters. The van der Waals surface area contributed by atoms with Gasteiger partial charge >= 0.3 is 11.7 Å². The molecule has 0 spiro atoms. The normalized spacial score (nSPS) is 10.1. The maximum Gasteiger partial charge on any atom is 0.322 e. The molecular formula is C10H5BrFN3O3. The number of halogens is 2. The Morgan fingerprint density at radius 3 is 2.56 bits per heavy atom. The molecule has 2 aromatic rings. The maximum atomic E-state index is 13.0. The first-order valence-corrected chi connectivity index (χ1v) is 5.45. The molecule has 2 rings (SSSR count). The predicted molar refractivity (Wildman–Crippen MR) is 62.9 cm³/mol. The summed E-state index contributed by atoms with van der Waals surface area (Å²) in [6.45, 7) is 0. The smallest absolute Gasteiger partial charge is 0.322 e. The number of hydrogen-bond donors (Lipinski definition) is 0. The minimum Gasteiger partial charge on any atom is -0.424 e. The molecule has 0 aliphatic heterocycles. The van der Waals surface area contributed by atoms with Gasteiger partial charge in [0.05, 0.1) is 9.40 Å². The van der Waals surface area contributed by atoms with Crippen LogP contribution in [0.25, 0.3) is 0 Å². The molecule has 0 N–H and O–H groups in total. The van der Waals surface area contributed by atoms with Gasteiger partial charge < -0.3 is 4.74 Å². The third kappa shape index (κ3) is 2.77. The Bertz CT molecular complexity index is 591. The lowest BCUT2D eigenvalue weighted by Gasteiger charge is -2.03. The van der Waals surface area contributed by atoms with Gasteiger partial charge in [-0.05, 0) is 34.1 Å². The first kappa shape index (κ1) is 12.4. The highest BCUT2D eigenvalue weighted by Gasteiger charge is 2.08. The number of hydrogen-bond acceptors (Lipinski definition) is 5. The fraction of sp³-hybridized carbons (Fsp3) is 0. The van der Waals surface area contributed by atoms with Crippen molar-refractivity contribution in [2.75, 3.05) is 0 Å². The van der Waals surface area contributed by atoms with Gasteiger partial charge in [-0.25, -0.2) is 4.39 Å². The van der Waals surface area contributed by atoms with E-state index < -0.39 is 10.7 Å². The minimum atomic E-state index is -0.613. The zero-order valence-corrected chi connectivity index (χ0v) is 10.3. The second-order valence-corrected chi connectivity index (χ2v) is 4.01. The lowest BCUT2D eigenvalue weighted by Crippen LogP contribution is -1.95. The van der Waals surface area contributed by atoms with Crippen molar-refractivity contribution in [1.29, 1.82) is 0 Å². The first-order chi connectivity index (χ1) is 8.56. The van der Waals surface area contributed by atoms with Crippen LogP contribution >= 0.6 is 15.9 Å². The summed E-state index contributed by atoms with van der Waals surface area (Å²) in [7, 11) is 0. The lowest BCUT2D eigenvalue weighted by molar-refractivity contribution is -0.385. The quantitative estimate of drug-likeness (QED) is 0.642. The number of benzene rings is 1. The SMILES string of the molecule is O=[N+]([O-])c1cnc(Oc2ccc(F)c(Br)c2)nc1. The van der Waals surface area contributed by atoms with Gasteiger partial charge in [0.2, 0.25) is 0 Å². The fourth-order valence-corrected chi connectivity index (χ4v) is 1.46. The van der Waals surface area contributed by atoms with Gasteiger partial charge in [-0.3, -0.25) is 10.1 Å². The highest BCUT2D eigenvalue weighted by Crippen LogP contribution is 2.24. The maximum absolute atomic E-state index is 13.0. The monoisotopic (exact) mass is 313 g/mol. The van der Waals surface area contributed by atoms with E-state index in [1.807, 2.05) is 0 Å². The van der Waals surface area contributed by atoms with E-state index >= 15 is 0 Å². The standard InChI is InChI=1S/C10H5BrFN3O3/c11-8-3-7(1-2-9(8)12)18-10-13-4-6(5-14-10)15(16)17/h1-5H. The van der Waals surface area contributed by atoms with Crippen LogP contribution in [-0.4, -0.2) is 14.9 Å². The summed E-state index contributed by atoms with van der Waals surface area (Å²) in [4.78, 5) is 17.1. The van der Waals surface area contributed by atoms with E-state index in [0.29, 0.717) is 5.75 Å². The summed E-state index contributed by atoms with van der Waals surface area (Å²) in [5, 5.41) is 10.4. The molecule has 8 heteroatoms. The third-order valence-corrected chi connectivity index (χ3v) is 2.53. The van der Waals surface area contributed by atoms with Crippen LogP contribution < -0.4 is 4.74 Å². The van der Waals surface area contributed by atoms with Gasteiger partial charge in [0.25, 0.3) is 0 Å². The first-order valence-electron chi connectivity index (χ1n) is 4.65. The van der Waals surface area contributed by atoms with Crippen LogP contribution in [0.2, 0.25) is 0 Å². The molecule has 18 heavy (non-hydrogen) atoms. The molecule has 0 saturated heterocycles. The molecule has 0 bridgehead atoms. The Morgan fingerprint density at radius 2 is 2.00 bits per heavy atom. The van der Waals surface area contributed by atoms with Gasteiger partial charge in [-0.1, -0.05) is 0 Å². The highest BCUT2D eigenvalue weighted by molar-refractivity contribution is 9.10. The van der Waals surface area contributed by atoms with Crippen LogP contribution in [-0.2, 0) is 0 Å². The summed E-state index contributed by atoms with van der Waals surface area (Å²) in [6, 6.07) is 3.95. The summed E-state index contributed by atoms with van der Waals surface area (Å²) in [6.07, 6.45) is 2.06. The molecule has 0 aliphatic carbocycles. The van der Waals surface area contributed by atoms with E-state index in [-0.39, 0.29) is 16.2 Å². The lowest BCUT2D eigenvalue weighted by atomic mass is 10.3. The van der Waals surface area contributed by atoms with Gasteiger partial charge in [0.15, 0.2) is 0 Å². The second-order valence-electron chi connectivity index (χ2n) is 3.16. The number of ether oxygens (including phenoxy) is 1. The van der Waals surface area contributed by atoms with Gasteiger partial charge in [-0.15, -0.1) is 0 Å². The zero-order valence-electron chi connectivity index (χ0n) is 8.71. The van der Waals surface area contributed by atoms with Crippen LogP contribution in [0, 0.1) is 15.9 Å². The highest BCUT2D eigenvalue weighted by atomic mass is 79.9. The molecule has 0 amide bonds. The molecule has 0 saturated carbocycles. The number of nitrogens with zero attached hydrogens (tertiary/aromatic N) is 3. The van der Waals surface area contributed by atoms with Crippen LogP contribution in [0.3, 0.4) is 0 Å². The van der Waals surface area contributed by atoms with Crippen LogP contribution in [0.4, 0.5) is 10.1 Å². The molecular weight excluding hydrogens is 309 g/mol. The number of rotatable bonds is 3. The third-order valence-electron chi connectivity index (χ3n) is 1.93. The fourth-order valence-electron chi connectivity index (χ4n) is 1.10. The van der Waals surface area contributed by atoms with E-state index in [1.54, 1.807) is 0 Å². The summed E-state index contributed by atoms with van der Waals surface area (Å²) < 4.78 is 18.4. The second kappa shape index (κ2) is 5.05. The van der Waals surface area contributed by atoms with Gasteiger partial charge in [0.1, 0.15) is 24.0 Å². The van der Waals surface area contributed by atoms with Crippen molar-refractivity contribution >= 4 is 21.6 Å². The van der Waals surface area contributed by atoms with Crippen molar-refractivity contribution < 1.29 is 14.1 Å². The van der Waals surface area contributed by atoms with Crippen molar-refractivity contribution in [1.82, 2.24) is 9.97 Å². The molecule has 0 radical (unpaired) electrons. The Hall–Kier alpha value is -2.09. The predicted octanol–water partition coefficient (Wildman–Crippen LogP) is 3.08. The van der Waals surface area contributed by atoms with E-state index in [4.69, 9.17) is 4.74 Å². The molecule has 0 aliphatic rings. The van der Waals surface area contributed by atoms with Gasteiger partial charge in [-0.2, -0.15) is 9.97 Å². The topological polar surface area (TPSA) is 78.2 Å². The van der Waals surface area contributed by atoms with Crippen molar-refractivity contribution in [3.8, 4) is 11.8 Å². The van der Waals surface area contributed by atoms with Crippen molar-refractivity contribution in [3.63, 3.8) is 0 Å². The Morgan fingerprint density at radius 1 is 1.33 bits per heavy atom. The van der Waals surface area contributed by atoms with E-state index in [0.717, 1.165) is 12.4 Å². The van der Waals surface area contributed by atoms with Crippen LogP contribution in [0.1, 0.15) is 0 Å². The average Bonchev–Trinajstić information content (AvgIpc) is 2.34. The zero-order chi connectivity index (χ0) is 13.1. The molecule has 1 aromatic carbocycles. The Labute approximate surface area is 109 Å². The number of aromatic nitrogens is 2. The summed E-state index contributed by atoms with van der Waals surface area (Å²) in [5.41, 5.74) is -0.234. The van der Waals surface area contributed by atoms with E-state index in [9.17, 15) is 14.5 Å².